The average Bonchev–Trinajstić information content (AvgIpc) is 3.49. The van der Waals surface area contributed by atoms with Gasteiger partial charge in [-0.15, -0.1) is 0 Å². The van der Waals surface area contributed by atoms with Crippen LogP contribution >= 0.6 is 0 Å². The molecule has 0 bridgehead atoms. The summed E-state index contributed by atoms with van der Waals surface area (Å²) in [5.41, 5.74) is 3.17. The first-order valence-corrected chi connectivity index (χ1v) is 12.8. The molecule has 5 rings (SSSR count). The molecule has 0 N–H and O–H groups in total. The highest BCUT2D eigenvalue weighted by molar-refractivity contribution is 7.86. The van der Waals surface area contributed by atoms with E-state index < -0.39 is 10.2 Å². The fraction of sp³-hybridized carbons (Fsp3) is 0.545. The van der Waals surface area contributed by atoms with E-state index in [1.807, 2.05) is 0 Å². The Morgan fingerprint density at radius 1 is 0.844 bits per heavy atom. The monoisotopic (exact) mass is 461 g/mol. The van der Waals surface area contributed by atoms with E-state index in [1.165, 1.54) is 16.4 Å². The summed E-state index contributed by atoms with van der Waals surface area (Å²) in [6, 6.07) is 6.14. The number of hydrogen-bond donors (Lipinski definition) is 0. The van der Waals surface area contributed by atoms with Crippen molar-refractivity contribution in [2.24, 2.45) is 0 Å². The highest BCUT2D eigenvalue weighted by Gasteiger charge is 2.36. The molecule has 0 radical (unpaired) electrons. The van der Waals surface area contributed by atoms with Crippen molar-refractivity contribution < 1.29 is 17.6 Å². The minimum absolute atomic E-state index is 0.151. The minimum atomic E-state index is -3.45. The van der Waals surface area contributed by atoms with Crippen LogP contribution in [0.15, 0.2) is 24.3 Å². The number of fused-ring (bicyclic) bond motifs is 1. The third kappa shape index (κ3) is 3.84. The van der Waals surface area contributed by atoms with Crippen molar-refractivity contribution in [2.75, 3.05) is 39.3 Å². The molecule has 1 aliphatic carbocycles. The Labute approximate surface area is 187 Å². The number of carbonyl (C=O) groups excluding carboxylic acids is 1. The second kappa shape index (κ2) is 8.57. The highest BCUT2D eigenvalue weighted by atomic mass is 32.2. The van der Waals surface area contributed by atoms with Crippen molar-refractivity contribution in [3.8, 4) is 5.69 Å². The number of benzene rings is 1. The summed E-state index contributed by atoms with van der Waals surface area (Å²) in [5, 5.41) is 4.66. The third-order valence-corrected chi connectivity index (χ3v) is 8.73. The zero-order valence-corrected chi connectivity index (χ0v) is 18.9. The van der Waals surface area contributed by atoms with E-state index >= 15 is 0 Å². The second-order valence-electron chi connectivity index (χ2n) is 8.67. The predicted molar refractivity (Wildman–Crippen MR) is 117 cm³/mol. The fourth-order valence-electron chi connectivity index (χ4n) is 4.92. The first-order valence-electron chi connectivity index (χ1n) is 11.4. The van der Waals surface area contributed by atoms with Gasteiger partial charge in [0.25, 0.3) is 16.1 Å². The molecule has 172 valence electrons. The fourth-order valence-corrected chi connectivity index (χ4v) is 6.59. The van der Waals surface area contributed by atoms with Crippen molar-refractivity contribution in [3.63, 3.8) is 0 Å². The van der Waals surface area contributed by atoms with Gasteiger partial charge in [-0.1, -0.05) is 0 Å². The lowest BCUT2D eigenvalue weighted by Crippen LogP contribution is -2.53. The molecule has 1 aromatic heterocycles. The Hall–Kier alpha value is -2.30. The Bertz CT molecular complexity index is 1100. The Kier molecular flexibility index (Phi) is 5.77. The van der Waals surface area contributed by atoms with E-state index in [2.05, 4.69) is 5.10 Å². The molecule has 0 spiro atoms. The van der Waals surface area contributed by atoms with Crippen LogP contribution in [-0.2, 0) is 23.1 Å². The maximum atomic E-state index is 13.4. The molecule has 2 aliphatic heterocycles. The van der Waals surface area contributed by atoms with Crippen LogP contribution in [0.5, 0.6) is 0 Å². The number of piperazine rings is 1. The maximum absolute atomic E-state index is 13.4. The van der Waals surface area contributed by atoms with Crippen molar-refractivity contribution in [1.82, 2.24) is 23.3 Å². The van der Waals surface area contributed by atoms with Crippen molar-refractivity contribution >= 4 is 16.1 Å². The lowest BCUT2D eigenvalue weighted by Gasteiger charge is -2.35. The topological polar surface area (TPSA) is 78.8 Å². The molecule has 0 saturated carbocycles. The molecule has 2 fully saturated rings. The van der Waals surface area contributed by atoms with E-state index in [-0.39, 0.29) is 11.7 Å². The smallest absolute Gasteiger partial charge is 0.282 e. The molecule has 3 aliphatic rings. The molecule has 8 nitrogen and oxygen atoms in total. The number of aromatic nitrogens is 2. The SMILES string of the molecule is O=C(c1nn(-c2ccc(F)cc2)c2c1CCCC2)N1CCN(S(=O)(=O)N2CCCC2)CC1. The van der Waals surface area contributed by atoms with E-state index in [1.54, 1.807) is 26.0 Å². The Balaban J connectivity index is 1.35. The first kappa shape index (κ1) is 21.5. The summed E-state index contributed by atoms with van der Waals surface area (Å²) in [5.74, 6) is -0.463. The van der Waals surface area contributed by atoms with Gasteiger partial charge in [-0.2, -0.15) is 22.1 Å². The molecule has 0 atom stereocenters. The molecule has 2 saturated heterocycles. The molecule has 1 aromatic carbocycles. The van der Waals surface area contributed by atoms with E-state index in [0.29, 0.717) is 45.0 Å². The average molecular weight is 462 g/mol. The van der Waals surface area contributed by atoms with E-state index in [4.69, 9.17) is 0 Å². The molecule has 1 amide bonds. The number of hydrogen-bond acceptors (Lipinski definition) is 4. The van der Waals surface area contributed by atoms with Crippen LogP contribution in [0.3, 0.4) is 0 Å². The van der Waals surface area contributed by atoms with E-state index in [0.717, 1.165) is 55.5 Å². The van der Waals surface area contributed by atoms with Crippen LogP contribution in [-0.4, -0.2) is 76.9 Å². The molecule has 2 aromatic rings. The summed E-state index contributed by atoms with van der Waals surface area (Å²) in [7, 11) is -3.45. The number of amides is 1. The standard InChI is InChI=1S/C22H28FN5O3S/c23-17-7-9-18(10-8-17)28-20-6-2-1-5-19(20)21(24-28)22(29)25-13-15-27(16-14-25)32(30,31)26-11-3-4-12-26/h7-10H,1-6,11-16H2. The summed E-state index contributed by atoms with van der Waals surface area (Å²) in [4.78, 5) is 15.1. The van der Waals surface area contributed by atoms with Crippen molar-refractivity contribution in [3.05, 3.63) is 47.0 Å². The Morgan fingerprint density at radius 2 is 1.47 bits per heavy atom. The van der Waals surface area contributed by atoms with Crippen LogP contribution in [0.2, 0.25) is 0 Å². The van der Waals surface area contributed by atoms with Gasteiger partial charge in [0.15, 0.2) is 5.69 Å². The van der Waals surface area contributed by atoms with Gasteiger partial charge >= 0.3 is 0 Å². The van der Waals surface area contributed by atoms with Crippen molar-refractivity contribution in [2.45, 2.75) is 38.5 Å². The van der Waals surface area contributed by atoms with Gasteiger partial charge in [0, 0.05) is 50.5 Å². The minimum Gasteiger partial charge on any atom is -0.335 e. The zero-order valence-electron chi connectivity index (χ0n) is 18.0. The van der Waals surface area contributed by atoms with Crippen molar-refractivity contribution in [1.29, 1.82) is 0 Å². The summed E-state index contributed by atoms with van der Waals surface area (Å²) in [6.45, 7) is 2.45. The third-order valence-electron chi connectivity index (χ3n) is 6.70. The molecule has 10 heteroatoms. The zero-order chi connectivity index (χ0) is 22.3. The predicted octanol–water partition coefficient (Wildman–Crippen LogP) is 1.99. The Morgan fingerprint density at radius 3 is 2.16 bits per heavy atom. The highest BCUT2D eigenvalue weighted by Crippen LogP contribution is 2.28. The molecule has 0 unspecified atom stereocenters. The summed E-state index contributed by atoms with van der Waals surface area (Å²) in [6.07, 6.45) is 5.46. The van der Waals surface area contributed by atoms with Gasteiger partial charge in [0.1, 0.15) is 5.82 Å². The van der Waals surface area contributed by atoms with Gasteiger partial charge in [-0.05, 0) is 62.8 Å². The number of nitrogens with zero attached hydrogens (tertiary/aromatic N) is 5. The molecule has 32 heavy (non-hydrogen) atoms. The first-order chi connectivity index (χ1) is 15.4. The van der Waals surface area contributed by atoms with Gasteiger partial charge in [0.2, 0.25) is 0 Å². The van der Waals surface area contributed by atoms with Crippen LogP contribution in [0, 0.1) is 5.82 Å². The van der Waals surface area contributed by atoms with Crippen LogP contribution in [0.1, 0.15) is 47.4 Å². The van der Waals surface area contributed by atoms with Gasteiger partial charge in [0.05, 0.1) is 5.69 Å². The normalized spacial score (nSPS) is 20.5. The number of rotatable bonds is 4. The lowest BCUT2D eigenvalue weighted by molar-refractivity contribution is 0.0687. The van der Waals surface area contributed by atoms with Crippen LogP contribution in [0.4, 0.5) is 4.39 Å². The van der Waals surface area contributed by atoms with E-state index in [9.17, 15) is 17.6 Å². The maximum Gasteiger partial charge on any atom is 0.282 e. The summed E-state index contributed by atoms with van der Waals surface area (Å²) < 4.78 is 43.8. The molecular formula is C22H28FN5O3S. The quantitative estimate of drug-likeness (QED) is 0.698. The van der Waals surface area contributed by atoms with Gasteiger partial charge in [-0.25, -0.2) is 9.07 Å². The van der Waals surface area contributed by atoms with Gasteiger partial charge < -0.3 is 4.90 Å². The number of halogens is 1. The molecular weight excluding hydrogens is 433 g/mol. The van der Waals surface area contributed by atoms with Crippen LogP contribution < -0.4 is 0 Å². The summed E-state index contributed by atoms with van der Waals surface area (Å²) >= 11 is 0. The van der Waals surface area contributed by atoms with Gasteiger partial charge in [-0.3, -0.25) is 4.79 Å². The number of carbonyl (C=O) groups is 1. The largest absolute Gasteiger partial charge is 0.335 e. The second-order valence-corrected chi connectivity index (χ2v) is 10.6. The van der Waals surface area contributed by atoms with Crippen LogP contribution in [0.25, 0.3) is 5.69 Å². The lowest BCUT2D eigenvalue weighted by atomic mass is 9.95. The molecule has 3 heterocycles.